The topological polar surface area (TPSA) is 66.2 Å². The Labute approximate surface area is 124 Å². The summed E-state index contributed by atoms with van der Waals surface area (Å²) in [5.74, 6) is 1.30. The summed E-state index contributed by atoms with van der Waals surface area (Å²) in [6.45, 7) is 7.49. The molecule has 1 aromatic heterocycles. The van der Waals surface area contributed by atoms with Crippen LogP contribution in [0.1, 0.15) is 31.3 Å². The highest BCUT2D eigenvalue weighted by atomic mass is 16.3. The van der Waals surface area contributed by atoms with Gasteiger partial charge >= 0.3 is 0 Å². The van der Waals surface area contributed by atoms with Crippen LogP contribution < -0.4 is 10.2 Å². The van der Waals surface area contributed by atoms with Crippen LogP contribution in [0.4, 0.5) is 5.69 Å². The van der Waals surface area contributed by atoms with Crippen LogP contribution in [0.25, 0.3) is 0 Å². The molecule has 1 aliphatic heterocycles. The Hall–Kier alpha value is -2.08. The number of hydrogen-bond donors (Lipinski definition) is 2. The molecule has 21 heavy (non-hydrogen) atoms. The summed E-state index contributed by atoms with van der Waals surface area (Å²) in [6, 6.07) is 6.05. The van der Waals surface area contributed by atoms with Gasteiger partial charge in [0.25, 0.3) is 0 Å². The van der Waals surface area contributed by atoms with Crippen molar-refractivity contribution in [3.05, 3.63) is 35.9 Å². The highest BCUT2D eigenvalue weighted by Crippen LogP contribution is 2.30. The van der Waals surface area contributed by atoms with Gasteiger partial charge in [0.1, 0.15) is 12.1 Å². The molecule has 1 atom stereocenters. The van der Waals surface area contributed by atoms with Crippen molar-refractivity contribution in [1.82, 2.24) is 20.1 Å². The number of phenolic OH excluding ortho intramolecular Hbond substituents is 1. The summed E-state index contributed by atoms with van der Waals surface area (Å²) >= 11 is 0. The van der Waals surface area contributed by atoms with Crippen molar-refractivity contribution in [3.8, 4) is 5.75 Å². The Morgan fingerprint density at radius 2 is 2.24 bits per heavy atom. The molecule has 112 valence electrons. The van der Waals surface area contributed by atoms with Crippen molar-refractivity contribution in [3.63, 3.8) is 0 Å². The second-order valence-corrected chi connectivity index (χ2v) is 5.38. The zero-order valence-electron chi connectivity index (χ0n) is 12.5. The lowest BCUT2D eigenvalue weighted by Crippen LogP contribution is -2.33. The van der Waals surface area contributed by atoms with Crippen LogP contribution in [0.15, 0.2) is 24.5 Å². The van der Waals surface area contributed by atoms with E-state index in [9.17, 15) is 5.11 Å². The zero-order valence-corrected chi connectivity index (χ0v) is 12.5. The molecule has 6 nitrogen and oxygen atoms in total. The third-order valence-corrected chi connectivity index (χ3v) is 3.99. The molecule has 0 saturated heterocycles. The first-order valence-electron chi connectivity index (χ1n) is 7.37. The predicted molar refractivity (Wildman–Crippen MR) is 81.3 cm³/mol. The van der Waals surface area contributed by atoms with Crippen LogP contribution >= 0.6 is 0 Å². The fourth-order valence-electron chi connectivity index (χ4n) is 2.80. The Morgan fingerprint density at radius 1 is 1.38 bits per heavy atom. The summed E-state index contributed by atoms with van der Waals surface area (Å²) in [6.07, 6.45) is 1.77. The highest BCUT2D eigenvalue weighted by molar-refractivity contribution is 5.54. The van der Waals surface area contributed by atoms with Gasteiger partial charge in [-0.2, -0.15) is 0 Å². The van der Waals surface area contributed by atoms with E-state index in [0.717, 1.165) is 43.3 Å². The quantitative estimate of drug-likeness (QED) is 0.895. The second kappa shape index (κ2) is 5.73. The van der Waals surface area contributed by atoms with E-state index in [-0.39, 0.29) is 6.04 Å². The van der Waals surface area contributed by atoms with Crippen molar-refractivity contribution >= 4 is 5.69 Å². The third kappa shape index (κ3) is 2.71. The Balaban J connectivity index is 1.80. The molecule has 0 aliphatic carbocycles. The van der Waals surface area contributed by atoms with E-state index in [0.29, 0.717) is 5.75 Å². The summed E-state index contributed by atoms with van der Waals surface area (Å²) in [7, 11) is 0. The van der Waals surface area contributed by atoms with Crippen LogP contribution in [-0.2, 0) is 13.1 Å². The number of aromatic nitrogens is 3. The summed E-state index contributed by atoms with van der Waals surface area (Å²) in [5.41, 5.74) is 1.95. The lowest BCUT2D eigenvalue weighted by Gasteiger charge is -2.29. The molecule has 1 aliphatic rings. The van der Waals surface area contributed by atoms with E-state index in [1.165, 1.54) is 0 Å². The lowest BCUT2D eigenvalue weighted by atomic mass is 10.1. The molecule has 3 rings (SSSR count). The van der Waals surface area contributed by atoms with Gasteiger partial charge in [0, 0.05) is 36.4 Å². The molecule has 1 unspecified atom stereocenters. The van der Waals surface area contributed by atoms with E-state index in [1.807, 2.05) is 12.1 Å². The van der Waals surface area contributed by atoms with Crippen LogP contribution in [0.2, 0.25) is 0 Å². The SMILES string of the molecule is CCNC(C)c1ccc(N2CCn3cnnc3C2)cc1O. The number of aromatic hydroxyl groups is 1. The van der Waals surface area contributed by atoms with Crippen molar-refractivity contribution in [1.29, 1.82) is 0 Å². The first kappa shape index (κ1) is 13.9. The minimum absolute atomic E-state index is 0.147. The number of phenols is 1. The second-order valence-electron chi connectivity index (χ2n) is 5.38. The number of hydrogen-bond acceptors (Lipinski definition) is 5. The van der Waals surface area contributed by atoms with Gasteiger partial charge in [0.2, 0.25) is 0 Å². The van der Waals surface area contributed by atoms with Crippen molar-refractivity contribution in [2.75, 3.05) is 18.0 Å². The maximum Gasteiger partial charge on any atom is 0.152 e. The largest absolute Gasteiger partial charge is 0.508 e. The molecule has 1 aromatic carbocycles. The average molecular weight is 287 g/mol. The number of rotatable bonds is 4. The molecule has 2 N–H and O–H groups in total. The van der Waals surface area contributed by atoms with E-state index in [4.69, 9.17) is 0 Å². The molecule has 0 bridgehead atoms. The van der Waals surface area contributed by atoms with Crippen molar-refractivity contribution < 1.29 is 5.11 Å². The standard InChI is InChI=1S/C15H21N5O/c1-3-16-11(2)13-5-4-12(8-14(13)21)19-6-7-20-10-17-18-15(20)9-19/h4-5,8,10-11,16,21H,3,6-7,9H2,1-2H3. The number of anilines is 1. The maximum absolute atomic E-state index is 10.3. The van der Waals surface area contributed by atoms with Gasteiger partial charge < -0.3 is 19.9 Å². The smallest absolute Gasteiger partial charge is 0.152 e. The summed E-state index contributed by atoms with van der Waals surface area (Å²) in [5, 5.41) is 21.7. The number of nitrogens with zero attached hydrogens (tertiary/aromatic N) is 4. The normalized spacial score (nSPS) is 15.8. The first-order valence-corrected chi connectivity index (χ1v) is 7.37. The molecule has 2 aromatic rings. The molecular formula is C15H21N5O. The highest BCUT2D eigenvalue weighted by Gasteiger charge is 2.19. The monoisotopic (exact) mass is 287 g/mol. The maximum atomic E-state index is 10.3. The number of benzene rings is 1. The molecule has 0 saturated carbocycles. The van der Waals surface area contributed by atoms with E-state index in [1.54, 1.807) is 6.33 Å². The van der Waals surface area contributed by atoms with Crippen molar-refractivity contribution in [2.24, 2.45) is 0 Å². The molecule has 0 amide bonds. The molecule has 6 heteroatoms. The summed E-state index contributed by atoms with van der Waals surface area (Å²) < 4.78 is 2.07. The third-order valence-electron chi connectivity index (χ3n) is 3.99. The molecule has 0 spiro atoms. The minimum Gasteiger partial charge on any atom is -0.508 e. The Bertz CT molecular complexity index is 624. The van der Waals surface area contributed by atoms with E-state index in [2.05, 4.69) is 44.9 Å². The zero-order chi connectivity index (χ0) is 14.8. The molecule has 2 heterocycles. The predicted octanol–water partition coefficient (Wildman–Crippen LogP) is 1.67. The van der Waals surface area contributed by atoms with Gasteiger partial charge in [0.05, 0.1) is 6.54 Å². The fraction of sp³-hybridized carbons (Fsp3) is 0.467. The average Bonchev–Trinajstić information content (AvgIpc) is 2.94. The first-order chi connectivity index (χ1) is 10.2. The van der Waals surface area contributed by atoms with Gasteiger partial charge in [-0.05, 0) is 19.5 Å². The van der Waals surface area contributed by atoms with Gasteiger partial charge in [-0.1, -0.05) is 13.0 Å². The Morgan fingerprint density at radius 3 is 3.00 bits per heavy atom. The van der Waals surface area contributed by atoms with Crippen LogP contribution in [-0.4, -0.2) is 33.0 Å². The number of fused-ring (bicyclic) bond motifs is 1. The minimum atomic E-state index is 0.147. The van der Waals surface area contributed by atoms with E-state index >= 15 is 0 Å². The van der Waals surface area contributed by atoms with Crippen LogP contribution in [0.5, 0.6) is 5.75 Å². The van der Waals surface area contributed by atoms with Crippen molar-refractivity contribution in [2.45, 2.75) is 33.0 Å². The molecular weight excluding hydrogens is 266 g/mol. The van der Waals surface area contributed by atoms with Gasteiger partial charge in [-0.15, -0.1) is 10.2 Å². The van der Waals surface area contributed by atoms with Crippen LogP contribution in [0, 0.1) is 0 Å². The van der Waals surface area contributed by atoms with Gasteiger partial charge in [-0.25, -0.2) is 0 Å². The van der Waals surface area contributed by atoms with Crippen LogP contribution in [0.3, 0.4) is 0 Å². The Kier molecular flexibility index (Phi) is 3.79. The van der Waals surface area contributed by atoms with Gasteiger partial charge in [0.15, 0.2) is 5.82 Å². The summed E-state index contributed by atoms with van der Waals surface area (Å²) in [4.78, 5) is 2.21. The van der Waals surface area contributed by atoms with E-state index < -0.39 is 0 Å². The van der Waals surface area contributed by atoms with Gasteiger partial charge in [-0.3, -0.25) is 0 Å². The number of nitrogens with one attached hydrogen (secondary N) is 1. The molecule has 0 fully saturated rings. The molecule has 0 radical (unpaired) electrons. The fourth-order valence-corrected chi connectivity index (χ4v) is 2.80. The lowest BCUT2D eigenvalue weighted by molar-refractivity contribution is 0.454.